The first kappa shape index (κ1) is 20.7. The van der Waals surface area contributed by atoms with Gasteiger partial charge in [-0.1, -0.05) is 29.8 Å². The molecule has 4 rings (SSSR count). The molecular weight excluding hydrogens is 441 g/mol. The fourth-order valence-corrected chi connectivity index (χ4v) is 3.79. The third-order valence-electron chi connectivity index (χ3n) is 4.86. The van der Waals surface area contributed by atoms with Crippen molar-refractivity contribution >= 4 is 46.5 Å². The fourth-order valence-electron chi connectivity index (χ4n) is 3.24. The predicted molar refractivity (Wildman–Crippen MR) is 117 cm³/mol. The largest absolute Gasteiger partial charge is 0.454 e. The van der Waals surface area contributed by atoms with Crippen LogP contribution in [0.2, 0.25) is 10.0 Å². The Labute approximate surface area is 187 Å². The van der Waals surface area contributed by atoms with Crippen molar-refractivity contribution in [1.29, 1.82) is 5.26 Å². The van der Waals surface area contributed by atoms with E-state index in [1.165, 1.54) is 12.1 Å². The Morgan fingerprint density at radius 3 is 2.61 bits per heavy atom. The second kappa shape index (κ2) is 7.95. The Bertz CT molecular complexity index is 1190. The van der Waals surface area contributed by atoms with Gasteiger partial charge in [-0.2, -0.15) is 15.4 Å². The van der Waals surface area contributed by atoms with Gasteiger partial charge in [-0.15, -0.1) is 0 Å². The summed E-state index contributed by atoms with van der Waals surface area (Å²) in [5.41, 5.74) is 1.84. The number of carbonyl (C=O) groups excluding carboxylic acids is 2. The maximum Gasteiger partial charge on any atom is 0.347 e. The Morgan fingerprint density at radius 2 is 1.94 bits per heavy atom. The van der Waals surface area contributed by atoms with Crippen LogP contribution >= 0.6 is 23.2 Å². The molecule has 2 heterocycles. The van der Waals surface area contributed by atoms with E-state index in [-0.39, 0.29) is 38.8 Å². The van der Waals surface area contributed by atoms with Crippen LogP contribution < -0.4 is 15.1 Å². The number of allylic oxidation sites excluding steroid dienone is 1. The number of nitriles is 1. The number of urea groups is 1. The number of likely N-dealkylation sites (N-methyl/N-ethyl adjacent to an activating group) is 1. The molecule has 0 radical (unpaired) electrons. The van der Waals surface area contributed by atoms with Gasteiger partial charge in [0.15, 0.2) is 11.5 Å². The molecular formula is C21H15Cl2N5O3. The molecule has 0 bridgehead atoms. The van der Waals surface area contributed by atoms with Crippen molar-refractivity contribution < 1.29 is 14.3 Å². The number of benzene rings is 2. The SMILES string of the molecule is C=C1NC(=O)N(c2cc(Cl)c(Oc3ccc4c(c3)CCN(C)C4=O)c(Cl)c2)N=C1C#N. The van der Waals surface area contributed by atoms with Gasteiger partial charge in [0.1, 0.15) is 11.8 Å². The molecule has 2 aromatic carbocycles. The first-order valence-electron chi connectivity index (χ1n) is 9.13. The molecule has 8 nitrogen and oxygen atoms in total. The topological polar surface area (TPSA) is 98.0 Å². The molecule has 0 spiro atoms. The number of rotatable bonds is 3. The molecule has 2 aromatic rings. The number of anilines is 1. The summed E-state index contributed by atoms with van der Waals surface area (Å²) < 4.78 is 5.89. The maximum atomic E-state index is 12.2. The summed E-state index contributed by atoms with van der Waals surface area (Å²) in [7, 11) is 1.76. The van der Waals surface area contributed by atoms with Crippen LogP contribution in [0.1, 0.15) is 15.9 Å². The summed E-state index contributed by atoms with van der Waals surface area (Å²) in [6.45, 7) is 4.20. The smallest absolute Gasteiger partial charge is 0.347 e. The van der Waals surface area contributed by atoms with Crippen molar-refractivity contribution in [2.45, 2.75) is 6.42 Å². The zero-order valence-corrected chi connectivity index (χ0v) is 17.8. The lowest BCUT2D eigenvalue weighted by Gasteiger charge is -2.25. The van der Waals surface area contributed by atoms with Crippen molar-refractivity contribution in [3.05, 3.63) is 63.8 Å². The van der Waals surface area contributed by atoms with Crippen LogP contribution in [-0.2, 0) is 6.42 Å². The number of hydrazone groups is 1. The van der Waals surface area contributed by atoms with Crippen LogP contribution in [0.4, 0.5) is 10.5 Å². The van der Waals surface area contributed by atoms with Gasteiger partial charge < -0.3 is 15.0 Å². The maximum absolute atomic E-state index is 12.2. The predicted octanol–water partition coefficient (Wildman–Crippen LogP) is 4.34. The highest BCUT2D eigenvalue weighted by molar-refractivity contribution is 6.37. The lowest BCUT2D eigenvalue weighted by Crippen LogP contribution is -2.42. The molecule has 10 heteroatoms. The second-order valence-corrected chi connectivity index (χ2v) is 7.73. The average Bonchev–Trinajstić information content (AvgIpc) is 2.73. The van der Waals surface area contributed by atoms with Gasteiger partial charge in [-0.05, 0) is 42.3 Å². The molecule has 156 valence electrons. The summed E-state index contributed by atoms with van der Waals surface area (Å²) in [5.74, 6) is 0.634. The van der Waals surface area contributed by atoms with E-state index in [1.807, 2.05) is 6.07 Å². The minimum atomic E-state index is -0.603. The number of ether oxygens (including phenoxy) is 1. The number of nitrogens with one attached hydrogen (secondary N) is 1. The van der Waals surface area contributed by atoms with Crippen molar-refractivity contribution in [2.24, 2.45) is 5.10 Å². The van der Waals surface area contributed by atoms with Crippen molar-refractivity contribution in [1.82, 2.24) is 10.2 Å². The highest BCUT2D eigenvalue weighted by atomic mass is 35.5. The van der Waals surface area contributed by atoms with Gasteiger partial charge in [-0.3, -0.25) is 4.79 Å². The fraction of sp³-hybridized carbons (Fsp3) is 0.143. The number of nitrogens with zero attached hydrogens (tertiary/aromatic N) is 4. The van der Waals surface area contributed by atoms with E-state index in [4.69, 9.17) is 33.2 Å². The molecule has 0 atom stereocenters. The third-order valence-corrected chi connectivity index (χ3v) is 5.42. The molecule has 3 amide bonds. The van der Waals surface area contributed by atoms with Crippen LogP contribution in [0.3, 0.4) is 0 Å². The van der Waals surface area contributed by atoms with Gasteiger partial charge >= 0.3 is 6.03 Å². The average molecular weight is 456 g/mol. The van der Waals surface area contributed by atoms with Gasteiger partial charge in [0, 0.05) is 19.2 Å². The van der Waals surface area contributed by atoms with E-state index >= 15 is 0 Å². The number of hydrogen-bond acceptors (Lipinski definition) is 5. The van der Waals surface area contributed by atoms with E-state index in [0.29, 0.717) is 24.3 Å². The molecule has 0 saturated heterocycles. The zero-order valence-electron chi connectivity index (χ0n) is 16.3. The minimum absolute atomic E-state index is 0.0343. The highest BCUT2D eigenvalue weighted by Gasteiger charge is 2.26. The first-order valence-corrected chi connectivity index (χ1v) is 9.88. The highest BCUT2D eigenvalue weighted by Crippen LogP contribution is 2.40. The number of halogens is 2. The molecule has 0 unspecified atom stereocenters. The van der Waals surface area contributed by atoms with Crippen LogP contribution in [-0.4, -0.2) is 36.1 Å². The van der Waals surface area contributed by atoms with E-state index in [0.717, 1.165) is 10.6 Å². The van der Waals surface area contributed by atoms with E-state index in [9.17, 15) is 9.59 Å². The summed E-state index contributed by atoms with van der Waals surface area (Å²) in [6, 6.07) is 9.32. The van der Waals surface area contributed by atoms with Gasteiger partial charge in [0.25, 0.3) is 5.91 Å². The number of carbonyl (C=O) groups is 2. The summed E-state index contributed by atoms with van der Waals surface area (Å²) in [6.07, 6.45) is 0.712. The summed E-state index contributed by atoms with van der Waals surface area (Å²) in [4.78, 5) is 26.2. The Hall–Kier alpha value is -3.54. The Balaban J connectivity index is 1.64. The first-order chi connectivity index (χ1) is 14.8. The van der Waals surface area contributed by atoms with Crippen LogP contribution in [0.25, 0.3) is 0 Å². The van der Waals surface area contributed by atoms with Crippen molar-refractivity contribution in [3.8, 4) is 17.6 Å². The van der Waals surface area contributed by atoms with Gasteiger partial charge in [0.2, 0.25) is 0 Å². The second-order valence-electron chi connectivity index (χ2n) is 6.92. The Kier molecular flexibility index (Phi) is 5.31. The van der Waals surface area contributed by atoms with Crippen LogP contribution in [0.5, 0.6) is 11.5 Å². The zero-order chi connectivity index (χ0) is 22.3. The third kappa shape index (κ3) is 3.81. The minimum Gasteiger partial charge on any atom is -0.454 e. The molecule has 0 aliphatic carbocycles. The number of amides is 3. The summed E-state index contributed by atoms with van der Waals surface area (Å²) >= 11 is 12.8. The van der Waals surface area contributed by atoms with E-state index < -0.39 is 6.03 Å². The number of hydrogen-bond donors (Lipinski definition) is 1. The normalized spacial score (nSPS) is 15.8. The van der Waals surface area contributed by atoms with E-state index in [1.54, 1.807) is 30.1 Å². The monoisotopic (exact) mass is 455 g/mol. The lowest BCUT2D eigenvalue weighted by molar-refractivity contribution is 0.0781. The molecule has 0 aromatic heterocycles. The molecule has 2 aliphatic heterocycles. The van der Waals surface area contributed by atoms with Crippen molar-refractivity contribution in [2.75, 3.05) is 18.6 Å². The summed E-state index contributed by atoms with van der Waals surface area (Å²) in [5, 5.41) is 16.8. The quantitative estimate of drug-likeness (QED) is 0.743. The van der Waals surface area contributed by atoms with Crippen molar-refractivity contribution in [3.63, 3.8) is 0 Å². The molecule has 0 fully saturated rings. The molecule has 1 N–H and O–H groups in total. The molecule has 31 heavy (non-hydrogen) atoms. The number of fused-ring (bicyclic) bond motifs is 1. The van der Waals surface area contributed by atoms with Crippen LogP contribution in [0, 0.1) is 11.3 Å². The molecule has 2 aliphatic rings. The standard InChI is InChI=1S/C21H15Cl2N5O3/c1-11-18(10-24)26-28(21(30)25-11)13-8-16(22)19(17(23)9-13)31-14-3-4-15-12(7-14)5-6-27(2)20(15)29/h3-4,7-9H,1,5-6H2,2H3,(H,25,30). The van der Waals surface area contributed by atoms with E-state index in [2.05, 4.69) is 17.0 Å². The van der Waals surface area contributed by atoms with Crippen LogP contribution in [0.15, 0.2) is 47.7 Å². The lowest BCUT2D eigenvalue weighted by atomic mass is 9.99. The van der Waals surface area contributed by atoms with Gasteiger partial charge in [0.05, 0.1) is 21.4 Å². The Morgan fingerprint density at radius 1 is 1.23 bits per heavy atom. The van der Waals surface area contributed by atoms with Gasteiger partial charge in [-0.25, -0.2) is 4.79 Å². The molecule has 0 saturated carbocycles.